The van der Waals surface area contributed by atoms with Crippen molar-refractivity contribution in [1.82, 2.24) is 10.2 Å². The highest BCUT2D eigenvalue weighted by atomic mass is 16.1. The number of nitrogens with one attached hydrogen (secondary N) is 1. The fraction of sp³-hybridized carbons (Fsp3) is 0.722. The Morgan fingerprint density at radius 3 is 2.57 bits per heavy atom. The van der Waals surface area contributed by atoms with Crippen LogP contribution in [0.5, 0.6) is 0 Å². The van der Waals surface area contributed by atoms with Crippen LogP contribution in [0.4, 0.5) is 0 Å². The van der Waals surface area contributed by atoms with Crippen LogP contribution in [-0.4, -0.2) is 36.9 Å². The highest BCUT2D eigenvalue weighted by Gasteiger charge is 2.08. The predicted octanol–water partition coefficient (Wildman–Crippen LogP) is 3.43. The minimum atomic E-state index is 0.206. The van der Waals surface area contributed by atoms with Gasteiger partial charge in [-0.05, 0) is 57.5 Å². The predicted molar refractivity (Wildman–Crippen MR) is 88.2 cm³/mol. The molecule has 0 radical (unpaired) electrons. The average molecular weight is 290 g/mol. The summed E-state index contributed by atoms with van der Waals surface area (Å²) in [6.45, 7) is 4.96. The molecule has 0 aromatic heterocycles. The largest absolute Gasteiger partial charge is 0.388 e. The maximum Gasteiger partial charge on any atom is 0.161 e. The van der Waals surface area contributed by atoms with E-state index in [1.807, 2.05) is 12.2 Å². The summed E-state index contributed by atoms with van der Waals surface area (Å²) in [5.74, 6) is 0.206. The number of carbonyl (C=O) groups excluding carboxylic acids is 1. The third kappa shape index (κ3) is 6.94. The molecule has 0 spiro atoms. The Bertz CT molecular complexity index is 367. The molecule has 0 atom stereocenters. The molecule has 1 N–H and O–H groups in total. The van der Waals surface area contributed by atoms with Crippen molar-refractivity contribution in [3.05, 3.63) is 23.9 Å². The normalized spacial score (nSPS) is 19.6. The zero-order valence-electron chi connectivity index (χ0n) is 13.3. The van der Waals surface area contributed by atoms with Crippen LogP contribution in [0.1, 0.15) is 57.8 Å². The number of nitrogens with zero attached hydrogens (tertiary/aromatic N) is 1. The molecule has 0 aromatic rings. The van der Waals surface area contributed by atoms with Gasteiger partial charge >= 0.3 is 0 Å². The molecule has 0 bridgehead atoms. The number of likely N-dealkylation sites (tertiary alicyclic amines) is 1. The second-order valence-electron chi connectivity index (χ2n) is 6.29. The van der Waals surface area contributed by atoms with E-state index in [1.165, 1.54) is 71.0 Å². The van der Waals surface area contributed by atoms with Gasteiger partial charge in [0.2, 0.25) is 0 Å². The molecule has 1 saturated heterocycles. The molecule has 21 heavy (non-hydrogen) atoms. The summed E-state index contributed by atoms with van der Waals surface area (Å²) in [7, 11) is 0. The Morgan fingerprint density at radius 2 is 1.76 bits per heavy atom. The lowest BCUT2D eigenvalue weighted by atomic mass is 10.1. The van der Waals surface area contributed by atoms with Gasteiger partial charge in [0, 0.05) is 12.2 Å². The number of piperidine rings is 1. The third-order valence-corrected chi connectivity index (χ3v) is 4.40. The monoisotopic (exact) mass is 290 g/mol. The maximum atomic E-state index is 11.2. The Labute approximate surface area is 129 Å². The lowest BCUT2D eigenvalue weighted by Gasteiger charge is -2.26. The third-order valence-electron chi connectivity index (χ3n) is 4.40. The van der Waals surface area contributed by atoms with E-state index in [1.54, 1.807) is 6.08 Å². The van der Waals surface area contributed by atoms with Crippen molar-refractivity contribution in [3.8, 4) is 0 Å². The van der Waals surface area contributed by atoms with Gasteiger partial charge in [0.15, 0.2) is 5.78 Å². The van der Waals surface area contributed by atoms with Gasteiger partial charge in [0.25, 0.3) is 0 Å². The maximum absolute atomic E-state index is 11.2. The van der Waals surface area contributed by atoms with Crippen molar-refractivity contribution < 1.29 is 4.79 Å². The van der Waals surface area contributed by atoms with Crippen molar-refractivity contribution in [2.24, 2.45) is 0 Å². The van der Waals surface area contributed by atoms with Gasteiger partial charge in [0.05, 0.1) is 6.42 Å². The fourth-order valence-corrected chi connectivity index (χ4v) is 3.12. The smallest absolute Gasteiger partial charge is 0.161 e. The number of rotatable bonds is 9. The van der Waals surface area contributed by atoms with Crippen molar-refractivity contribution in [3.63, 3.8) is 0 Å². The first-order chi connectivity index (χ1) is 10.3. The van der Waals surface area contributed by atoms with E-state index in [0.29, 0.717) is 6.42 Å². The number of carbonyl (C=O) groups is 1. The molecular weight excluding hydrogens is 260 g/mol. The zero-order valence-corrected chi connectivity index (χ0v) is 13.3. The lowest BCUT2D eigenvalue weighted by molar-refractivity contribution is -0.114. The summed E-state index contributed by atoms with van der Waals surface area (Å²) in [5.41, 5.74) is 1.08. The standard InChI is InChI=1S/C18H30N2O/c21-18-11-9-10-17(16-18)19-12-5-2-1-3-6-13-20-14-7-4-8-15-20/h9-11,19H,1-8,12-16H2. The second kappa shape index (κ2) is 9.78. The molecule has 3 nitrogen and oxygen atoms in total. The van der Waals surface area contributed by atoms with E-state index < -0.39 is 0 Å². The van der Waals surface area contributed by atoms with Gasteiger partial charge in [-0.15, -0.1) is 0 Å². The minimum Gasteiger partial charge on any atom is -0.388 e. The van der Waals surface area contributed by atoms with Gasteiger partial charge in [-0.1, -0.05) is 31.8 Å². The van der Waals surface area contributed by atoms with Gasteiger partial charge < -0.3 is 10.2 Å². The molecule has 2 aliphatic rings. The summed E-state index contributed by atoms with van der Waals surface area (Å²) in [4.78, 5) is 13.9. The van der Waals surface area contributed by atoms with Crippen LogP contribution in [0.15, 0.2) is 23.9 Å². The minimum absolute atomic E-state index is 0.206. The number of ketones is 1. The first-order valence-electron chi connectivity index (χ1n) is 8.71. The molecule has 1 aliphatic carbocycles. The molecular formula is C18H30N2O. The molecule has 1 aliphatic heterocycles. The summed E-state index contributed by atoms with van der Waals surface area (Å²) in [6, 6.07) is 0. The molecule has 3 heteroatoms. The Hall–Kier alpha value is -1.09. The molecule has 1 fully saturated rings. The fourth-order valence-electron chi connectivity index (χ4n) is 3.12. The molecule has 0 aromatic carbocycles. The Morgan fingerprint density at radius 1 is 1.00 bits per heavy atom. The van der Waals surface area contributed by atoms with Crippen LogP contribution in [0.3, 0.4) is 0 Å². The van der Waals surface area contributed by atoms with Gasteiger partial charge in [-0.2, -0.15) is 0 Å². The highest BCUT2D eigenvalue weighted by Crippen LogP contribution is 2.11. The number of hydrogen-bond donors (Lipinski definition) is 1. The quantitative estimate of drug-likeness (QED) is 0.660. The van der Waals surface area contributed by atoms with E-state index in [2.05, 4.69) is 10.2 Å². The zero-order chi connectivity index (χ0) is 14.8. The van der Waals surface area contributed by atoms with Crippen LogP contribution < -0.4 is 5.32 Å². The van der Waals surface area contributed by atoms with Crippen LogP contribution in [0.2, 0.25) is 0 Å². The Balaban J connectivity index is 1.39. The van der Waals surface area contributed by atoms with Crippen LogP contribution in [0, 0.1) is 0 Å². The van der Waals surface area contributed by atoms with Gasteiger partial charge in [-0.3, -0.25) is 4.79 Å². The van der Waals surface area contributed by atoms with Gasteiger partial charge in [0.1, 0.15) is 0 Å². The van der Waals surface area contributed by atoms with Crippen molar-refractivity contribution >= 4 is 5.78 Å². The molecule has 0 unspecified atom stereocenters. The SMILES string of the molecule is O=C1C=CC=C(NCCCCCCCN2CCCCC2)C1. The van der Waals surface area contributed by atoms with Crippen LogP contribution in [-0.2, 0) is 4.79 Å². The number of allylic oxidation sites excluding steroid dienone is 4. The lowest BCUT2D eigenvalue weighted by Crippen LogP contribution is -2.30. The molecule has 118 valence electrons. The van der Waals surface area contributed by atoms with Crippen LogP contribution >= 0.6 is 0 Å². The topological polar surface area (TPSA) is 32.3 Å². The van der Waals surface area contributed by atoms with E-state index >= 15 is 0 Å². The van der Waals surface area contributed by atoms with E-state index in [-0.39, 0.29) is 5.78 Å². The molecule has 0 amide bonds. The second-order valence-corrected chi connectivity index (χ2v) is 6.29. The van der Waals surface area contributed by atoms with E-state index in [0.717, 1.165) is 12.2 Å². The van der Waals surface area contributed by atoms with Crippen molar-refractivity contribution in [2.45, 2.75) is 57.8 Å². The summed E-state index contributed by atoms with van der Waals surface area (Å²) in [6.07, 6.45) is 16.9. The number of unbranched alkanes of at least 4 members (excludes halogenated alkanes) is 4. The average Bonchev–Trinajstić information content (AvgIpc) is 2.51. The summed E-state index contributed by atoms with van der Waals surface area (Å²) in [5, 5.41) is 3.38. The van der Waals surface area contributed by atoms with E-state index in [4.69, 9.17) is 0 Å². The van der Waals surface area contributed by atoms with Crippen LogP contribution in [0.25, 0.3) is 0 Å². The van der Waals surface area contributed by atoms with Gasteiger partial charge in [-0.25, -0.2) is 0 Å². The first kappa shape index (κ1) is 16.3. The van der Waals surface area contributed by atoms with Crippen molar-refractivity contribution in [2.75, 3.05) is 26.2 Å². The Kier molecular flexibility index (Phi) is 7.58. The highest BCUT2D eigenvalue weighted by molar-refractivity contribution is 5.92. The van der Waals surface area contributed by atoms with E-state index in [9.17, 15) is 4.79 Å². The molecule has 2 rings (SSSR count). The molecule has 1 heterocycles. The van der Waals surface area contributed by atoms with Crippen molar-refractivity contribution in [1.29, 1.82) is 0 Å². The molecule has 0 saturated carbocycles. The summed E-state index contributed by atoms with van der Waals surface area (Å²) < 4.78 is 0. The number of hydrogen-bond acceptors (Lipinski definition) is 3. The summed E-state index contributed by atoms with van der Waals surface area (Å²) >= 11 is 0. The first-order valence-corrected chi connectivity index (χ1v) is 8.71.